The molecule has 2 heterocycles. The lowest BCUT2D eigenvalue weighted by Gasteiger charge is -2.29. The maximum absolute atomic E-state index is 6.16. The van der Waals surface area contributed by atoms with Gasteiger partial charge in [-0.05, 0) is 48.1 Å². The van der Waals surface area contributed by atoms with Crippen LogP contribution in [0.1, 0.15) is 22.7 Å². The molecule has 0 aliphatic carbocycles. The van der Waals surface area contributed by atoms with Crippen LogP contribution in [0.5, 0.6) is 0 Å². The zero-order valence-electron chi connectivity index (χ0n) is 10.8. The lowest BCUT2D eigenvalue weighted by molar-refractivity contribution is 0.216. The molecule has 2 aromatic heterocycles. The van der Waals surface area contributed by atoms with Gasteiger partial charge in [-0.15, -0.1) is 22.7 Å². The largest absolute Gasteiger partial charge is 0.326 e. The van der Waals surface area contributed by atoms with Gasteiger partial charge in [0, 0.05) is 32.2 Å². The third-order valence-electron chi connectivity index (χ3n) is 2.89. The molecule has 6 heteroatoms. The van der Waals surface area contributed by atoms with Crippen molar-refractivity contribution >= 4 is 50.2 Å². The van der Waals surface area contributed by atoms with Crippen molar-refractivity contribution in [2.24, 2.45) is 5.73 Å². The van der Waals surface area contributed by atoms with Crippen molar-refractivity contribution in [1.82, 2.24) is 4.90 Å². The van der Waals surface area contributed by atoms with Gasteiger partial charge >= 0.3 is 0 Å². The molecule has 19 heavy (non-hydrogen) atoms. The fourth-order valence-electron chi connectivity index (χ4n) is 2.14. The van der Waals surface area contributed by atoms with Crippen molar-refractivity contribution in [3.8, 4) is 0 Å². The van der Waals surface area contributed by atoms with E-state index in [1.165, 1.54) is 9.75 Å². The fraction of sp³-hybridized carbons (Fsp3) is 0.385. The second-order valence-electron chi connectivity index (χ2n) is 4.59. The molecule has 0 radical (unpaired) electrons. The van der Waals surface area contributed by atoms with Crippen LogP contribution in [0.2, 0.25) is 4.34 Å². The Morgan fingerprint density at radius 1 is 1.47 bits per heavy atom. The van der Waals surface area contributed by atoms with Gasteiger partial charge in [0.2, 0.25) is 0 Å². The molecule has 0 fully saturated rings. The van der Waals surface area contributed by atoms with E-state index < -0.39 is 0 Å². The average Bonchev–Trinajstić information content (AvgIpc) is 2.88. The highest BCUT2D eigenvalue weighted by Crippen LogP contribution is 2.32. The van der Waals surface area contributed by atoms with E-state index in [4.69, 9.17) is 17.3 Å². The van der Waals surface area contributed by atoms with Crippen molar-refractivity contribution in [3.05, 3.63) is 42.1 Å². The molecular formula is C13H16BrClN2S2. The lowest BCUT2D eigenvalue weighted by atomic mass is 10.1. The fourth-order valence-corrected chi connectivity index (χ4v) is 5.02. The third-order valence-corrected chi connectivity index (χ3v) is 5.87. The van der Waals surface area contributed by atoms with Crippen LogP contribution in [0.25, 0.3) is 0 Å². The molecule has 0 saturated carbocycles. The van der Waals surface area contributed by atoms with Crippen molar-refractivity contribution in [1.29, 1.82) is 0 Å². The van der Waals surface area contributed by atoms with E-state index in [0.717, 1.165) is 15.4 Å². The third kappa shape index (κ3) is 4.03. The number of hydrogen-bond acceptors (Lipinski definition) is 4. The first-order valence-electron chi connectivity index (χ1n) is 5.91. The van der Waals surface area contributed by atoms with Crippen LogP contribution in [0.15, 0.2) is 28.1 Å². The summed E-state index contributed by atoms with van der Waals surface area (Å²) >= 11 is 12.8. The quantitative estimate of drug-likeness (QED) is 0.812. The van der Waals surface area contributed by atoms with Crippen LogP contribution in [-0.4, -0.2) is 18.0 Å². The second-order valence-corrected chi connectivity index (χ2v) is 8.25. The Hall–Kier alpha value is 0.0900. The predicted octanol–water partition coefficient (Wildman–Crippen LogP) is 4.75. The molecule has 0 aromatic carbocycles. The molecule has 2 nitrogen and oxygen atoms in total. The normalized spacial score (nSPS) is 14.8. The molecule has 2 atom stereocenters. The molecule has 2 rings (SSSR count). The van der Waals surface area contributed by atoms with Gasteiger partial charge in [0.15, 0.2) is 0 Å². The van der Waals surface area contributed by atoms with Crippen LogP contribution in [0.4, 0.5) is 0 Å². The summed E-state index contributed by atoms with van der Waals surface area (Å²) in [6, 6.07) is 6.46. The second kappa shape index (κ2) is 6.70. The number of thiophene rings is 2. The van der Waals surface area contributed by atoms with Gasteiger partial charge in [-0.3, -0.25) is 4.90 Å². The number of halogens is 2. The molecule has 2 aromatic rings. The first-order chi connectivity index (χ1) is 8.97. The maximum Gasteiger partial charge on any atom is 0.0931 e. The monoisotopic (exact) mass is 378 g/mol. The van der Waals surface area contributed by atoms with E-state index in [0.29, 0.717) is 0 Å². The average molecular weight is 380 g/mol. The van der Waals surface area contributed by atoms with Gasteiger partial charge in [-0.25, -0.2) is 0 Å². The van der Waals surface area contributed by atoms with Crippen molar-refractivity contribution in [3.63, 3.8) is 0 Å². The molecule has 104 valence electrons. The summed E-state index contributed by atoms with van der Waals surface area (Å²) in [5.74, 6) is 0. The Morgan fingerprint density at radius 3 is 2.68 bits per heavy atom. The molecule has 0 saturated heterocycles. The number of rotatable bonds is 5. The smallest absolute Gasteiger partial charge is 0.0931 e. The van der Waals surface area contributed by atoms with Crippen molar-refractivity contribution in [2.75, 3.05) is 7.05 Å². The predicted molar refractivity (Wildman–Crippen MR) is 89.2 cm³/mol. The first kappa shape index (κ1) is 15.5. The summed E-state index contributed by atoms with van der Waals surface area (Å²) in [6.45, 7) is 2.91. The van der Waals surface area contributed by atoms with Crippen LogP contribution in [0.3, 0.4) is 0 Å². The van der Waals surface area contributed by atoms with Gasteiger partial charge in [-0.2, -0.15) is 0 Å². The number of nitrogens with zero attached hydrogens (tertiary/aromatic N) is 1. The van der Waals surface area contributed by atoms with Gasteiger partial charge in [0.25, 0.3) is 0 Å². The summed E-state index contributed by atoms with van der Waals surface area (Å²) in [5, 5.41) is 2.10. The van der Waals surface area contributed by atoms with Gasteiger partial charge in [0.1, 0.15) is 0 Å². The highest BCUT2D eigenvalue weighted by Gasteiger charge is 2.23. The van der Waals surface area contributed by atoms with Crippen LogP contribution in [0, 0.1) is 0 Å². The van der Waals surface area contributed by atoms with E-state index in [1.54, 1.807) is 22.7 Å². The molecule has 0 aliphatic rings. The lowest BCUT2D eigenvalue weighted by Crippen LogP contribution is -2.36. The first-order valence-corrected chi connectivity index (χ1v) is 8.78. The number of hydrogen-bond donors (Lipinski definition) is 1. The summed E-state index contributed by atoms with van der Waals surface area (Å²) in [5.41, 5.74) is 6.16. The zero-order valence-corrected chi connectivity index (χ0v) is 14.7. The summed E-state index contributed by atoms with van der Waals surface area (Å²) < 4.78 is 1.95. The molecular weight excluding hydrogens is 364 g/mol. The molecule has 0 bridgehead atoms. The van der Waals surface area contributed by atoms with E-state index in [1.807, 2.05) is 6.07 Å². The minimum absolute atomic E-state index is 0.0750. The Bertz CT molecular complexity index is 538. The minimum atomic E-state index is 0.0750. The van der Waals surface area contributed by atoms with Gasteiger partial charge < -0.3 is 5.73 Å². The molecule has 2 N–H and O–H groups in total. The Kier molecular flexibility index (Phi) is 5.45. The van der Waals surface area contributed by atoms with Gasteiger partial charge in [-0.1, -0.05) is 11.6 Å². The van der Waals surface area contributed by atoms with E-state index >= 15 is 0 Å². The minimum Gasteiger partial charge on any atom is -0.326 e. The molecule has 2 unspecified atom stereocenters. The molecule has 0 aliphatic heterocycles. The van der Waals surface area contributed by atoms with Gasteiger partial charge in [0.05, 0.1) is 10.4 Å². The number of likely N-dealkylation sites (N-methyl/N-ethyl adjacent to an activating group) is 1. The van der Waals surface area contributed by atoms with E-state index in [-0.39, 0.29) is 12.1 Å². The maximum atomic E-state index is 6.16. The van der Waals surface area contributed by atoms with E-state index in [2.05, 4.69) is 52.3 Å². The zero-order chi connectivity index (χ0) is 14.0. The van der Waals surface area contributed by atoms with Crippen LogP contribution < -0.4 is 5.73 Å². The standard InChI is InChI=1S/C13H16BrClN2S2/c1-8(16)13(11-5-9(14)7-18-11)17(2)6-10-3-4-12(15)19-10/h3-5,7-8,13H,6,16H2,1-2H3. The highest BCUT2D eigenvalue weighted by molar-refractivity contribution is 9.10. The Morgan fingerprint density at radius 2 is 2.21 bits per heavy atom. The summed E-state index contributed by atoms with van der Waals surface area (Å²) in [4.78, 5) is 4.83. The topological polar surface area (TPSA) is 29.3 Å². The van der Waals surface area contributed by atoms with Crippen molar-refractivity contribution in [2.45, 2.75) is 25.6 Å². The Labute approximate surface area is 135 Å². The summed E-state index contributed by atoms with van der Waals surface area (Å²) in [6.07, 6.45) is 0. The SMILES string of the molecule is CC(N)C(c1cc(Br)cs1)N(C)Cc1ccc(Cl)s1. The van der Waals surface area contributed by atoms with Crippen molar-refractivity contribution < 1.29 is 0 Å². The Balaban J connectivity index is 2.15. The molecule has 0 amide bonds. The number of nitrogens with two attached hydrogens (primary N) is 1. The van der Waals surface area contributed by atoms with E-state index in [9.17, 15) is 0 Å². The van der Waals surface area contributed by atoms with Crippen LogP contribution in [-0.2, 0) is 6.54 Å². The molecule has 0 spiro atoms. The highest BCUT2D eigenvalue weighted by atomic mass is 79.9. The van der Waals surface area contributed by atoms with Crippen LogP contribution >= 0.6 is 50.2 Å². The summed E-state index contributed by atoms with van der Waals surface area (Å²) in [7, 11) is 2.11.